The van der Waals surface area contributed by atoms with E-state index in [1.165, 1.54) is 19.2 Å². The summed E-state index contributed by atoms with van der Waals surface area (Å²) in [5, 5.41) is 3.28. The molecule has 0 radical (unpaired) electrons. The van der Waals surface area contributed by atoms with Crippen molar-refractivity contribution in [3.05, 3.63) is 36.0 Å². The quantitative estimate of drug-likeness (QED) is 0.307. The van der Waals surface area contributed by atoms with Crippen LogP contribution in [-0.4, -0.2) is 38.0 Å². The minimum Gasteiger partial charge on any atom is -0.496 e. The number of aromatic nitrogens is 3. The third kappa shape index (κ3) is 4.87. The van der Waals surface area contributed by atoms with Crippen LogP contribution in [0.1, 0.15) is 31.7 Å². The highest BCUT2D eigenvalue weighted by Crippen LogP contribution is 2.35. The van der Waals surface area contributed by atoms with Gasteiger partial charge in [0.25, 0.3) is 0 Å². The molecule has 0 bridgehead atoms. The molecule has 10 heteroatoms. The fourth-order valence-corrected chi connectivity index (χ4v) is 3.81. The van der Waals surface area contributed by atoms with E-state index in [2.05, 4.69) is 22.2 Å². The van der Waals surface area contributed by atoms with Gasteiger partial charge in [0.2, 0.25) is 5.95 Å². The van der Waals surface area contributed by atoms with E-state index >= 15 is 0 Å². The Balaban J connectivity index is 1.99. The van der Waals surface area contributed by atoms with Crippen molar-refractivity contribution in [3.8, 4) is 5.75 Å². The van der Waals surface area contributed by atoms with Gasteiger partial charge in [0.1, 0.15) is 11.3 Å². The summed E-state index contributed by atoms with van der Waals surface area (Å²) in [5.74, 6) is 1.37. The lowest BCUT2D eigenvalue weighted by atomic mass is 10.2. The van der Waals surface area contributed by atoms with Crippen LogP contribution in [0.15, 0.2) is 30.5 Å². The summed E-state index contributed by atoms with van der Waals surface area (Å²) in [6.45, 7) is 3.24. The molecule has 2 aromatic heterocycles. The predicted octanol–water partition coefficient (Wildman–Crippen LogP) is 2.48. The van der Waals surface area contributed by atoms with Gasteiger partial charge in [0.15, 0.2) is 5.82 Å². The number of anilines is 2. The first-order chi connectivity index (χ1) is 13.8. The lowest BCUT2D eigenvalue weighted by Gasteiger charge is -2.15. The first-order valence-electron chi connectivity index (χ1n) is 9.42. The zero-order valence-corrected chi connectivity index (χ0v) is 17.4. The molecule has 0 spiro atoms. The van der Waals surface area contributed by atoms with Gasteiger partial charge in [0, 0.05) is 18.3 Å². The highest BCUT2D eigenvalue weighted by atomic mass is 31.2. The molecule has 0 atom stereocenters. The van der Waals surface area contributed by atoms with Crippen LogP contribution >= 0.6 is 7.60 Å². The van der Waals surface area contributed by atoms with E-state index in [0.29, 0.717) is 29.2 Å². The van der Waals surface area contributed by atoms with E-state index < -0.39 is 7.60 Å². The van der Waals surface area contributed by atoms with Crippen LogP contribution in [0.2, 0.25) is 0 Å². The average Bonchev–Trinajstić information content (AvgIpc) is 3.07. The highest BCUT2D eigenvalue weighted by molar-refractivity contribution is 7.60. The molecule has 5 N–H and O–H groups in total. The maximum absolute atomic E-state index is 11.7. The molecule has 0 fully saturated rings. The fourth-order valence-electron chi connectivity index (χ4n) is 3.21. The molecule has 2 heterocycles. The van der Waals surface area contributed by atoms with Crippen LogP contribution < -0.4 is 21.1 Å². The van der Waals surface area contributed by atoms with Crippen LogP contribution in [0.3, 0.4) is 0 Å². The van der Waals surface area contributed by atoms with Crippen LogP contribution in [0.25, 0.3) is 11.0 Å². The van der Waals surface area contributed by atoms with Crippen molar-refractivity contribution < 1.29 is 19.1 Å². The third-order valence-corrected chi connectivity index (χ3v) is 5.59. The molecule has 3 rings (SSSR count). The molecule has 0 aliphatic heterocycles. The topological polar surface area (TPSA) is 136 Å². The molecule has 1 aromatic carbocycles. The van der Waals surface area contributed by atoms with Crippen LogP contribution in [0, 0.1) is 0 Å². The summed E-state index contributed by atoms with van der Waals surface area (Å²) in [6, 6.07) is 6.25. The van der Waals surface area contributed by atoms with Gasteiger partial charge in [-0.05, 0) is 30.7 Å². The summed E-state index contributed by atoms with van der Waals surface area (Å²) < 4.78 is 19.0. The molecule has 0 aliphatic carbocycles. The summed E-state index contributed by atoms with van der Waals surface area (Å²) in [5.41, 5.74) is 7.96. The maximum Gasteiger partial charge on any atom is 0.356 e. The molecule has 3 aromatic rings. The Bertz CT molecular complexity index is 1050. The Hall–Kier alpha value is -2.61. The van der Waals surface area contributed by atoms with E-state index in [9.17, 15) is 14.4 Å². The van der Waals surface area contributed by atoms with E-state index in [-0.39, 0.29) is 11.3 Å². The summed E-state index contributed by atoms with van der Waals surface area (Å²) in [6.07, 6.45) is 5.10. The minimum absolute atomic E-state index is 0.0526. The van der Waals surface area contributed by atoms with Crippen LogP contribution in [0.5, 0.6) is 5.75 Å². The maximum atomic E-state index is 11.7. The normalized spacial score (nSPS) is 11.7. The average molecular weight is 419 g/mol. The lowest BCUT2D eigenvalue weighted by Crippen LogP contribution is -2.11. The second-order valence-electron chi connectivity index (χ2n) is 6.78. The lowest BCUT2D eigenvalue weighted by molar-refractivity contribution is 0.387. The highest BCUT2D eigenvalue weighted by Gasteiger charge is 2.20. The first kappa shape index (κ1) is 21.1. The van der Waals surface area contributed by atoms with Crippen molar-refractivity contribution in [2.24, 2.45) is 0 Å². The standard InChI is InChI=1S/C19H26N5O4P/c1-3-4-5-9-21-18-17-15(22-19(20)23-18)8-10-24(17)12-13-11-14(29(25,26)27)6-7-16(13)28-2/h6-8,10-11H,3-5,9,12H2,1-2H3,(H2,25,26,27)(H3,20,21,22,23). The number of ether oxygens (including phenoxy) is 1. The molecule has 0 saturated carbocycles. The number of nitrogens with zero attached hydrogens (tertiary/aromatic N) is 3. The van der Waals surface area contributed by atoms with Gasteiger partial charge in [-0.1, -0.05) is 19.8 Å². The van der Waals surface area contributed by atoms with Gasteiger partial charge in [-0.2, -0.15) is 4.98 Å². The van der Waals surface area contributed by atoms with E-state index in [1.807, 2.05) is 16.8 Å². The number of nitrogens with one attached hydrogen (secondary N) is 1. The number of hydrogen-bond donors (Lipinski definition) is 4. The summed E-state index contributed by atoms with van der Waals surface area (Å²) in [4.78, 5) is 27.7. The van der Waals surface area contributed by atoms with Crippen molar-refractivity contribution in [2.75, 3.05) is 24.7 Å². The van der Waals surface area contributed by atoms with Gasteiger partial charge >= 0.3 is 7.60 Å². The number of unbranched alkanes of at least 4 members (excludes halogenated alkanes) is 2. The second kappa shape index (κ2) is 8.82. The van der Waals surface area contributed by atoms with Crippen molar-refractivity contribution >= 4 is 35.7 Å². The third-order valence-electron chi connectivity index (χ3n) is 4.64. The Morgan fingerprint density at radius 2 is 2.03 bits per heavy atom. The molecule has 0 amide bonds. The Kier molecular flexibility index (Phi) is 6.42. The van der Waals surface area contributed by atoms with Gasteiger partial charge in [0.05, 0.1) is 24.5 Å². The molecule has 29 heavy (non-hydrogen) atoms. The predicted molar refractivity (Wildman–Crippen MR) is 114 cm³/mol. The van der Waals surface area contributed by atoms with Gasteiger partial charge in [-0.25, -0.2) is 4.98 Å². The van der Waals surface area contributed by atoms with Crippen LogP contribution in [0.4, 0.5) is 11.8 Å². The molecular weight excluding hydrogens is 393 g/mol. The van der Waals surface area contributed by atoms with E-state index in [0.717, 1.165) is 31.3 Å². The molecule has 0 unspecified atom stereocenters. The van der Waals surface area contributed by atoms with Crippen molar-refractivity contribution in [3.63, 3.8) is 0 Å². The Morgan fingerprint density at radius 1 is 1.24 bits per heavy atom. The zero-order valence-electron chi connectivity index (χ0n) is 16.5. The zero-order chi connectivity index (χ0) is 21.0. The second-order valence-corrected chi connectivity index (χ2v) is 8.39. The summed E-state index contributed by atoms with van der Waals surface area (Å²) in [7, 11) is -2.85. The molecular formula is C19H26N5O4P. The van der Waals surface area contributed by atoms with Crippen molar-refractivity contribution in [2.45, 2.75) is 32.7 Å². The Labute approximate surface area is 169 Å². The number of nitrogens with two attached hydrogens (primary N) is 1. The number of benzene rings is 1. The molecule has 9 nitrogen and oxygen atoms in total. The number of rotatable bonds is 9. The van der Waals surface area contributed by atoms with Gasteiger partial charge in [-0.15, -0.1) is 0 Å². The number of methoxy groups -OCH3 is 1. The monoisotopic (exact) mass is 419 g/mol. The number of fused-ring (bicyclic) bond motifs is 1. The smallest absolute Gasteiger partial charge is 0.356 e. The van der Waals surface area contributed by atoms with Gasteiger partial charge in [-0.3, -0.25) is 4.57 Å². The first-order valence-corrected chi connectivity index (χ1v) is 11.0. The van der Waals surface area contributed by atoms with Gasteiger partial charge < -0.3 is 30.1 Å². The fraction of sp³-hybridized carbons (Fsp3) is 0.368. The molecule has 0 aliphatic rings. The molecule has 156 valence electrons. The largest absolute Gasteiger partial charge is 0.496 e. The minimum atomic E-state index is -4.37. The van der Waals surface area contributed by atoms with Crippen molar-refractivity contribution in [1.29, 1.82) is 0 Å². The van der Waals surface area contributed by atoms with Crippen molar-refractivity contribution in [1.82, 2.24) is 14.5 Å². The summed E-state index contributed by atoms with van der Waals surface area (Å²) >= 11 is 0. The van der Waals surface area contributed by atoms with Crippen LogP contribution in [-0.2, 0) is 11.1 Å². The SMILES string of the molecule is CCCCCNc1nc(N)nc2ccn(Cc3cc(P(=O)(O)O)ccc3OC)c12. The molecule has 0 saturated heterocycles. The Morgan fingerprint density at radius 3 is 2.72 bits per heavy atom. The number of nitrogen functional groups attached to an aromatic ring is 1. The number of hydrogen-bond acceptors (Lipinski definition) is 6. The van der Waals surface area contributed by atoms with E-state index in [1.54, 1.807) is 6.07 Å². The van der Waals surface area contributed by atoms with E-state index in [4.69, 9.17) is 10.5 Å².